The van der Waals surface area contributed by atoms with E-state index in [9.17, 15) is 13.2 Å². The number of hydrogen-bond acceptors (Lipinski definition) is 6. The second-order valence-electron chi connectivity index (χ2n) is 7.27. The summed E-state index contributed by atoms with van der Waals surface area (Å²) in [7, 11) is -3.47. The lowest BCUT2D eigenvalue weighted by Crippen LogP contribution is -2.35. The molecule has 3 aromatic heterocycles. The number of hydrogen-bond donors (Lipinski definition) is 0. The molecule has 1 aliphatic heterocycles. The number of piperidine rings is 1. The third-order valence-corrected chi connectivity index (χ3v) is 9.39. The average molecular weight is 465 g/mol. The van der Waals surface area contributed by atoms with Crippen LogP contribution in [-0.4, -0.2) is 36.6 Å². The minimum absolute atomic E-state index is 0.0522. The van der Waals surface area contributed by atoms with E-state index in [2.05, 4.69) is 0 Å². The largest absolute Gasteiger partial charge is 0.467 e. The number of carbonyl (C=O) groups excluding carboxylic acids is 1. The lowest BCUT2D eigenvalue weighted by Gasteiger charge is -2.25. The number of amides is 1. The van der Waals surface area contributed by atoms with E-state index < -0.39 is 10.0 Å². The van der Waals surface area contributed by atoms with E-state index >= 15 is 0 Å². The molecule has 9 heteroatoms. The number of thiophene rings is 2. The Balaban J connectivity index is 1.47. The van der Waals surface area contributed by atoms with Crippen molar-refractivity contribution >= 4 is 38.6 Å². The van der Waals surface area contributed by atoms with Gasteiger partial charge in [-0.2, -0.15) is 4.31 Å². The lowest BCUT2D eigenvalue weighted by atomic mass is 10.2. The van der Waals surface area contributed by atoms with E-state index in [1.54, 1.807) is 45.0 Å². The summed E-state index contributed by atoms with van der Waals surface area (Å²) >= 11 is 2.80. The second-order valence-corrected chi connectivity index (χ2v) is 11.6. The van der Waals surface area contributed by atoms with Crippen molar-refractivity contribution in [1.29, 1.82) is 0 Å². The predicted molar refractivity (Wildman–Crippen MR) is 118 cm³/mol. The van der Waals surface area contributed by atoms with Crippen LogP contribution in [0.4, 0.5) is 0 Å². The van der Waals surface area contributed by atoms with Crippen molar-refractivity contribution < 1.29 is 17.6 Å². The molecule has 3 aromatic rings. The summed E-state index contributed by atoms with van der Waals surface area (Å²) < 4.78 is 33.1. The van der Waals surface area contributed by atoms with Crippen molar-refractivity contribution in [3.05, 3.63) is 63.6 Å². The molecule has 0 spiro atoms. The minimum Gasteiger partial charge on any atom is -0.467 e. The Morgan fingerprint density at radius 2 is 1.87 bits per heavy atom. The maximum absolute atomic E-state index is 13.1. The van der Waals surface area contributed by atoms with Crippen molar-refractivity contribution in [3.8, 4) is 0 Å². The van der Waals surface area contributed by atoms with Crippen LogP contribution in [0.25, 0.3) is 0 Å². The first-order chi connectivity index (χ1) is 14.5. The van der Waals surface area contributed by atoms with Gasteiger partial charge in [0.2, 0.25) is 5.91 Å². The number of sulfonamides is 1. The number of furan rings is 1. The van der Waals surface area contributed by atoms with Crippen LogP contribution < -0.4 is 0 Å². The zero-order valence-corrected chi connectivity index (χ0v) is 19.0. The third kappa shape index (κ3) is 5.03. The minimum atomic E-state index is -3.47. The van der Waals surface area contributed by atoms with Crippen molar-refractivity contribution in [2.45, 2.75) is 43.0 Å². The summed E-state index contributed by atoms with van der Waals surface area (Å²) in [6.07, 6.45) is 4.65. The van der Waals surface area contributed by atoms with Crippen LogP contribution in [0, 0.1) is 0 Å². The summed E-state index contributed by atoms with van der Waals surface area (Å²) in [4.78, 5) is 16.7. The zero-order valence-electron chi connectivity index (χ0n) is 16.5. The van der Waals surface area contributed by atoms with Gasteiger partial charge in [0, 0.05) is 22.8 Å². The highest BCUT2D eigenvalue weighted by atomic mass is 32.2. The van der Waals surface area contributed by atoms with Crippen LogP contribution in [0.1, 0.15) is 34.8 Å². The Morgan fingerprint density at radius 1 is 1.03 bits per heavy atom. The first-order valence-corrected chi connectivity index (χ1v) is 13.1. The maximum atomic E-state index is 13.1. The smallest absolute Gasteiger partial charge is 0.252 e. The van der Waals surface area contributed by atoms with Crippen molar-refractivity contribution in [3.63, 3.8) is 0 Å². The molecule has 0 aliphatic carbocycles. The van der Waals surface area contributed by atoms with Crippen LogP contribution in [0.3, 0.4) is 0 Å². The van der Waals surface area contributed by atoms with E-state index in [-0.39, 0.29) is 12.3 Å². The molecule has 4 heterocycles. The molecule has 0 aromatic carbocycles. The van der Waals surface area contributed by atoms with Gasteiger partial charge in [-0.1, -0.05) is 12.5 Å². The van der Waals surface area contributed by atoms with Crippen LogP contribution in [0.5, 0.6) is 0 Å². The second kappa shape index (κ2) is 9.47. The summed E-state index contributed by atoms with van der Waals surface area (Å²) in [5.74, 6) is 0.669. The predicted octanol–water partition coefficient (Wildman–Crippen LogP) is 4.35. The number of carbonyl (C=O) groups is 1. The molecule has 0 atom stereocenters. The molecular formula is C21H24N2O4S3. The SMILES string of the molecule is O=C(Cc1ccc(S(=O)(=O)N2CCCCC2)s1)N(Cc1ccco1)Cc1cccs1. The molecule has 160 valence electrons. The summed E-state index contributed by atoms with van der Waals surface area (Å²) in [6, 6.07) is 11.0. The van der Waals surface area contributed by atoms with Gasteiger partial charge in [0.25, 0.3) is 10.0 Å². The van der Waals surface area contributed by atoms with Gasteiger partial charge in [0.1, 0.15) is 9.97 Å². The van der Waals surface area contributed by atoms with Crippen LogP contribution in [-0.2, 0) is 34.3 Å². The Hall–Kier alpha value is -1.94. The highest BCUT2D eigenvalue weighted by molar-refractivity contribution is 7.91. The molecular weight excluding hydrogens is 440 g/mol. The van der Waals surface area contributed by atoms with E-state index in [4.69, 9.17) is 4.42 Å². The van der Waals surface area contributed by atoms with Crippen molar-refractivity contribution in [2.24, 2.45) is 0 Å². The van der Waals surface area contributed by atoms with Crippen LogP contribution in [0.2, 0.25) is 0 Å². The van der Waals surface area contributed by atoms with Crippen LogP contribution in [0.15, 0.2) is 56.7 Å². The normalized spacial score (nSPS) is 15.3. The first kappa shape index (κ1) is 21.3. The van der Waals surface area contributed by atoms with Gasteiger partial charge in [-0.25, -0.2) is 8.42 Å². The summed E-state index contributed by atoms with van der Waals surface area (Å²) in [6.45, 7) is 2.04. The fourth-order valence-electron chi connectivity index (χ4n) is 3.50. The molecule has 1 amide bonds. The average Bonchev–Trinajstić information content (AvgIpc) is 3.51. The monoisotopic (exact) mass is 464 g/mol. The van der Waals surface area contributed by atoms with Gasteiger partial charge in [0.15, 0.2) is 0 Å². The van der Waals surface area contributed by atoms with Gasteiger partial charge < -0.3 is 9.32 Å². The summed E-state index contributed by atoms with van der Waals surface area (Å²) in [5, 5.41) is 1.99. The van der Waals surface area contributed by atoms with Crippen molar-refractivity contribution in [2.75, 3.05) is 13.1 Å². The molecule has 30 heavy (non-hydrogen) atoms. The topological polar surface area (TPSA) is 70.8 Å². The van der Waals surface area contributed by atoms with Gasteiger partial charge in [-0.05, 0) is 48.6 Å². The van der Waals surface area contributed by atoms with Crippen LogP contribution >= 0.6 is 22.7 Å². The molecule has 0 N–H and O–H groups in total. The third-order valence-electron chi connectivity index (χ3n) is 5.08. The highest BCUT2D eigenvalue weighted by Gasteiger charge is 2.28. The number of nitrogens with zero attached hydrogens (tertiary/aromatic N) is 2. The molecule has 0 saturated carbocycles. The Bertz CT molecular complexity index is 1010. The molecule has 4 rings (SSSR count). The Kier molecular flexibility index (Phi) is 6.72. The zero-order chi connectivity index (χ0) is 21.0. The molecule has 6 nitrogen and oxygen atoms in total. The highest BCUT2D eigenvalue weighted by Crippen LogP contribution is 2.28. The fourth-order valence-corrected chi connectivity index (χ4v) is 7.24. The van der Waals surface area contributed by atoms with Gasteiger partial charge in [-0.15, -0.1) is 22.7 Å². The quantitative estimate of drug-likeness (QED) is 0.497. The van der Waals surface area contributed by atoms with E-state index in [0.717, 1.165) is 34.8 Å². The molecule has 0 radical (unpaired) electrons. The van der Waals surface area contributed by atoms with E-state index in [0.29, 0.717) is 30.4 Å². The molecule has 1 aliphatic rings. The molecule has 1 fully saturated rings. The Morgan fingerprint density at radius 3 is 2.57 bits per heavy atom. The van der Waals surface area contributed by atoms with Crippen molar-refractivity contribution in [1.82, 2.24) is 9.21 Å². The van der Waals surface area contributed by atoms with Gasteiger partial charge >= 0.3 is 0 Å². The molecule has 1 saturated heterocycles. The van der Waals surface area contributed by atoms with Gasteiger partial charge in [0.05, 0.1) is 25.8 Å². The number of rotatable bonds is 8. The van der Waals surface area contributed by atoms with Gasteiger partial charge in [-0.3, -0.25) is 4.79 Å². The van der Waals surface area contributed by atoms with E-state index in [1.807, 2.05) is 23.6 Å². The summed E-state index contributed by atoms with van der Waals surface area (Å²) in [5.41, 5.74) is 0. The lowest BCUT2D eigenvalue weighted by molar-refractivity contribution is -0.131. The fraction of sp³-hybridized carbons (Fsp3) is 0.381. The van der Waals surface area contributed by atoms with E-state index in [1.165, 1.54) is 11.3 Å². The molecule has 0 unspecified atom stereocenters. The standard InChI is InChI=1S/C21H24N2O4S3/c24-20(22(15-17-6-4-12-27-17)16-19-7-5-13-28-19)14-18-8-9-21(29-18)30(25,26)23-10-2-1-3-11-23/h4-9,12-13H,1-3,10-11,14-16H2. The first-order valence-electron chi connectivity index (χ1n) is 9.94. The maximum Gasteiger partial charge on any atom is 0.252 e. The molecule has 0 bridgehead atoms. The Labute approximate surface area is 184 Å².